The zero-order valence-corrected chi connectivity index (χ0v) is 16.2. The lowest BCUT2D eigenvalue weighted by molar-refractivity contribution is -0.121. The Balaban J connectivity index is 1.43. The minimum Gasteiger partial charge on any atom is -0.465 e. The van der Waals surface area contributed by atoms with Gasteiger partial charge in [-0.15, -0.1) is 11.3 Å². The molecule has 1 aliphatic carbocycles. The Labute approximate surface area is 161 Å². The molecule has 1 amide bonds. The maximum atomic E-state index is 12.6. The molecule has 3 heterocycles. The standard InChI is InChI=1S/C20H23N3O3S/c1-12-7-8-13(26-12)11-21-17(24)10-9-16-22-19(25)18-14-5-3-2-4-6-15(14)27-20(18)23-16/h7-8H,2-6,9-11H2,1H3,(H,21,24)(H,22,23,25). The van der Waals surface area contributed by atoms with E-state index in [4.69, 9.17) is 4.42 Å². The van der Waals surface area contributed by atoms with Gasteiger partial charge in [0.1, 0.15) is 22.2 Å². The van der Waals surface area contributed by atoms with E-state index in [0.29, 0.717) is 18.8 Å². The number of rotatable bonds is 5. The number of thiophene rings is 1. The number of H-pyrrole nitrogens is 1. The van der Waals surface area contributed by atoms with Crippen molar-refractivity contribution in [3.8, 4) is 0 Å². The van der Waals surface area contributed by atoms with E-state index in [-0.39, 0.29) is 17.9 Å². The quantitative estimate of drug-likeness (QED) is 0.659. The Morgan fingerprint density at radius 2 is 2.15 bits per heavy atom. The fourth-order valence-corrected chi connectivity index (χ4v) is 4.87. The number of amides is 1. The summed E-state index contributed by atoms with van der Waals surface area (Å²) in [5, 5.41) is 3.59. The summed E-state index contributed by atoms with van der Waals surface area (Å²) in [7, 11) is 0. The number of aromatic nitrogens is 2. The van der Waals surface area contributed by atoms with E-state index in [1.54, 1.807) is 11.3 Å². The number of fused-ring (bicyclic) bond motifs is 3. The van der Waals surface area contributed by atoms with Crippen LogP contribution in [0.15, 0.2) is 21.3 Å². The number of hydrogen-bond donors (Lipinski definition) is 2. The monoisotopic (exact) mass is 385 g/mol. The highest BCUT2D eigenvalue weighted by atomic mass is 32.1. The number of aromatic amines is 1. The molecule has 3 aromatic rings. The first-order valence-corrected chi connectivity index (χ1v) is 10.3. The average Bonchev–Trinajstić information content (AvgIpc) is 3.14. The van der Waals surface area contributed by atoms with Crippen LogP contribution in [0.3, 0.4) is 0 Å². The third kappa shape index (κ3) is 3.98. The summed E-state index contributed by atoms with van der Waals surface area (Å²) in [6.45, 7) is 2.24. The van der Waals surface area contributed by atoms with E-state index in [9.17, 15) is 9.59 Å². The average molecular weight is 385 g/mol. The number of carbonyl (C=O) groups is 1. The van der Waals surface area contributed by atoms with Gasteiger partial charge in [-0.25, -0.2) is 4.98 Å². The summed E-state index contributed by atoms with van der Waals surface area (Å²) in [4.78, 5) is 34.3. The molecular formula is C20H23N3O3S. The van der Waals surface area contributed by atoms with E-state index in [1.807, 2.05) is 19.1 Å². The van der Waals surface area contributed by atoms with Gasteiger partial charge in [-0.3, -0.25) is 9.59 Å². The van der Waals surface area contributed by atoms with Crippen molar-refractivity contribution in [1.29, 1.82) is 0 Å². The summed E-state index contributed by atoms with van der Waals surface area (Å²) in [5.74, 6) is 2.04. The predicted octanol–water partition coefficient (Wildman–Crippen LogP) is 3.40. The van der Waals surface area contributed by atoms with Gasteiger partial charge >= 0.3 is 0 Å². The molecule has 0 saturated heterocycles. The number of aryl methyl sites for hydroxylation is 4. The molecule has 2 N–H and O–H groups in total. The predicted molar refractivity (Wildman–Crippen MR) is 105 cm³/mol. The van der Waals surface area contributed by atoms with Crippen LogP contribution in [0, 0.1) is 6.92 Å². The van der Waals surface area contributed by atoms with Crippen LogP contribution >= 0.6 is 11.3 Å². The second-order valence-electron chi connectivity index (χ2n) is 7.05. The number of nitrogens with zero attached hydrogens (tertiary/aromatic N) is 1. The maximum absolute atomic E-state index is 12.6. The third-order valence-corrected chi connectivity index (χ3v) is 6.15. The van der Waals surface area contributed by atoms with Gasteiger partial charge in [-0.2, -0.15) is 0 Å². The summed E-state index contributed by atoms with van der Waals surface area (Å²) in [6, 6.07) is 3.72. The molecule has 4 rings (SSSR count). The molecule has 0 unspecified atom stereocenters. The number of hydrogen-bond acceptors (Lipinski definition) is 5. The molecule has 142 valence electrons. The molecule has 1 aliphatic rings. The minimum atomic E-state index is -0.0891. The highest BCUT2D eigenvalue weighted by Crippen LogP contribution is 2.32. The van der Waals surface area contributed by atoms with E-state index < -0.39 is 0 Å². The van der Waals surface area contributed by atoms with Crippen molar-refractivity contribution >= 4 is 27.5 Å². The first kappa shape index (κ1) is 18.0. The van der Waals surface area contributed by atoms with E-state index in [2.05, 4.69) is 15.3 Å². The van der Waals surface area contributed by atoms with Crippen molar-refractivity contribution in [3.05, 3.63) is 50.3 Å². The SMILES string of the molecule is Cc1ccc(CNC(=O)CCc2nc3sc4c(c3c(=O)[nH]2)CCCCC4)o1. The van der Waals surface area contributed by atoms with Crippen molar-refractivity contribution in [3.63, 3.8) is 0 Å². The molecule has 0 spiro atoms. The van der Waals surface area contributed by atoms with Gasteiger partial charge in [-0.05, 0) is 50.3 Å². The highest BCUT2D eigenvalue weighted by Gasteiger charge is 2.19. The normalized spacial score (nSPS) is 14.1. The Hall–Kier alpha value is -2.41. The molecule has 0 saturated carbocycles. The van der Waals surface area contributed by atoms with Crippen molar-refractivity contribution in [2.24, 2.45) is 0 Å². The zero-order valence-electron chi connectivity index (χ0n) is 15.4. The Bertz CT molecular complexity index is 1030. The second kappa shape index (κ2) is 7.68. The lowest BCUT2D eigenvalue weighted by Crippen LogP contribution is -2.23. The van der Waals surface area contributed by atoms with Gasteiger partial charge in [-0.1, -0.05) is 6.42 Å². The topological polar surface area (TPSA) is 88.0 Å². The molecule has 0 atom stereocenters. The molecule has 0 aliphatic heterocycles. The minimum absolute atomic E-state index is 0.0686. The molecule has 0 aromatic carbocycles. The molecular weight excluding hydrogens is 362 g/mol. The summed E-state index contributed by atoms with van der Waals surface area (Å²) >= 11 is 1.64. The smallest absolute Gasteiger partial charge is 0.259 e. The Kier molecular flexibility index (Phi) is 5.11. The van der Waals surface area contributed by atoms with Crippen molar-refractivity contribution < 1.29 is 9.21 Å². The highest BCUT2D eigenvalue weighted by molar-refractivity contribution is 7.18. The summed E-state index contributed by atoms with van der Waals surface area (Å²) in [5.41, 5.74) is 1.13. The van der Waals surface area contributed by atoms with Crippen LogP contribution in [-0.2, 0) is 30.6 Å². The molecule has 7 heteroatoms. The fraction of sp³-hybridized carbons (Fsp3) is 0.450. The summed E-state index contributed by atoms with van der Waals surface area (Å²) < 4.78 is 5.44. The van der Waals surface area contributed by atoms with Gasteiger partial charge in [0.25, 0.3) is 5.56 Å². The van der Waals surface area contributed by atoms with Gasteiger partial charge < -0.3 is 14.7 Å². The lowest BCUT2D eigenvalue weighted by atomic mass is 10.1. The molecule has 0 fully saturated rings. The van der Waals surface area contributed by atoms with Crippen LogP contribution in [0.25, 0.3) is 10.2 Å². The van der Waals surface area contributed by atoms with Gasteiger partial charge in [0, 0.05) is 17.7 Å². The molecule has 0 radical (unpaired) electrons. The maximum Gasteiger partial charge on any atom is 0.259 e. The molecule has 3 aromatic heterocycles. The Morgan fingerprint density at radius 3 is 2.96 bits per heavy atom. The van der Waals surface area contributed by atoms with Crippen LogP contribution in [0.2, 0.25) is 0 Å². The van der Waals surface area contributed by atoms with Gasteiger partial charge in [0.2, 0.25) is 5.91 Å². The fourth-order valence-electron chi connectivity index (χ4n) is 3.59. The van der Waals surface area contributed by atoms with Crippen LogP contribution < -0.4 is 10.9 Å². The molecule has 27 heavy (non-hydrogen) atoms. The van der Waals surface area contributed by atoms with Crippen molar-refractivity contribution in [2.75, 3.05) is 0 Å². The third-order valence-electron chi connectivity index (χ3n) is 4.97. The van der Waals surface area contributed by atoms with Crippen LogP contribution in [0.4, 0.5) is 0 Å². The van der Waals surface area contributed by atoms with E-state index in [1.165, 1.54) is 23.3 Å². The van der Waals surface area contributed by atoms with E-state index in [0.717, 1.165) is 41.0 Å². The second-order valence-corrected chi connectivity index (χ2v) is 8.13. The van der Waals surface area contributed by atoms with Gasteiger partial charge in [0.15, 0.2) is 0 Å². The zero-order chi connectivity index (χ0) is 18.8. The van der Waals surface area contributed by atoms with Crippen molar-refractivity contribution in [2.45, 2.75) is 58.4 Å². The van der Waals surface area contributed by atoms with E-state index >= 15 is 0 Å². The summed E-state index contributed by atoms with van der Waals surface area (Å²) in [6.07, 6.45) is 6.23. The number of carbonyl (C=O) groups excluding carboxylic acids is 1. The Morgan fingerprint density at radius 1 is 1.30 bits per heavy atom. The number of nitrogens with one attached hydrogen (secondary N) is 2. The van der Waals surface area contributed by atoms with Gasteiger partial charge in [0.05, 0.1) is 11.9 Å². The van der Waals surface area contributed by atoms with Crippen LogP contribution in [-0.4, -0.2) is 15.9 Å². The molecule has 0 bridgehead atoms. The van der Waals surface area contributed by atoms with Crippen molar-refractivity contribution in [1.82, 2.24) is 15.3 Å². The first-order valence-electron chi connectivity index (χ1n) is 9.45. The lowest BCUT2D eigenvalue weighted by Gasteiger charge is -2.04. The largest absolute Gasteiger partial charge is 0.465 e. The molecule has 6 nitrogen and oxygen atoms in total. The van der Waals surface area contributed by atoms with Crippen LogP contribution in [0.5, 0.6) is 0 Å². The number of furan rings is 1. The van der Waals surface area contributed by atoms with Crippen LogP contribution in [0.1, 0.15) is 53.5 Å². The first-order chi connectivity index (χ1) is 13.1.